The highest BCUT2D eigenvalue weighted by Crippen LogP contribution is 2.28. The molecule has 0 heterocycles. The van der Waals surface area contributed by atoms with Crippen molar-refractivity contribution in [2.75, 3.05) is 39.6 Å². The summed E-state index contributed by atoms with van der Waals surface area (Å²) in [5.74, 6) is 0.199. The van der Waals surface area contributed by atoms with Crippen LogP contribution in [0, 0.1) is 5.92 Å². The van der Waals surface area contributed by atoms with Crippen molar-refractivity contribution in [1.29, 1.82) is 0 Å². The Morgan fingerprint density at radius 3 is 1.58 bits per heavy atom. The first-order valence-corrected chi connectivity index (χ1v) is 18.2. The second kappa shape index (κ2) is 21.0. The van der Waals surface area contributed by atoms with E-state index < -0.39 is 17.6 Å². The maximum absolute atomic E-state index is 11.6. The minimum atomic E-state index is -2.84. The van der Waals surface area contributed by atoms with Gasteiger partial charge in [0.15, 0.2) is 10.2 Å². The van der Waals surface area contributed by atoms with E-state index in [4.69, 9.17) is 43.5 Å². The molecule has 12 heteroatoms. The minimum absolute atomic E-state index is 0.176. The summed E-state index contributed by atoms with van der Waals surface area (Å²) in [5, 5.41) is 0.340. The van der Waals surface area contributed by atoms with Crippen molar-refractivity contribution in [1.82, 2.24) is 0 Å². The number of rotatable bonds is 24. The molecule has 0 aliphatic carbocycles. The summed E-state index contributed by atoms with van der Waals surface area (Å²) in [6.07, 6.45) is 2.65. The lowest BCUT2D eigenvalue weighted by Crippen LogP contribution is -2.47. The van der Waals surface area contributed by atoms with E-state index in [0.29, 0.717) is 82.5 Å². The first-order chi connectivity index (χ1) is 17.2. The second-order valence-electron chi connectivity index (χ2n) is 8.23. The van der Waals surface area contributed by atoms with Gasteiger partial charge >= 0.3 is 17.6 Å². The largest absolute Gasteiger partial charge is 0.501 e. The zero-order valence-corrected chi connectivity index (χ0v) is 27.2. The Hall–Kier alpha value is 0.104. The summed E-state index contributed by atoms with van der Waals surface area (Å²) in [6.45, 7) is 16.9. The lowest BCUT2D eigenvalue weighted by atomic mass is 10.1. The Balaban J connectivity index is 5.42. The summed E-state index contributed by atoms with van der Waals surface area (Å²) in [6, 6.07) is 1.26. The van der Waals surface area contributed by atoms with Gasteiger partial charge in [-0.25, -0.2) is 0 Å². The summed E-state index contributed by atoms with van der Waals surface area (Å²) >= 11 is 9.62. The average Bonchev–Trinajstić information content (AvgIpc) is 2.81. The molecular formula is C24H50O8S2Si2. The quantitative estimate of drug-likeness (QED) is 0.0852. The van der Waals surface area contributed by atoms with E-state index in [2.05, 4.69) is 19.6 Å². The fraction of sp³-hybridized carbons (Fsp3) is 0.917. The van der Waals surface area contributed by atoms with Gasteiger partial charge in [-0.05, 0) is 72.5 Å². The van der Waals surface area contributed by atoms with Gasteiger partial charge in [0.2, 0.25) is 0 Å². The molecule has 0 amide bonds. The van der Waals surface area contributed by atoms with E-state index in [9.17, 15) is 4.79 Å². The van der Waals surface area contributed by atoms with Gasteiger partial charge in [-0.3, -0.25) is 4.79 Å². The van der Waals surface area contributed by atoms with Gasteiger partial charge in [-0.1, -0.05) is 13.3 Å². The normalized spacial score (nSPS) is 14.0. The number of carbonyl (C=O) groups is 1. The Bertz CT molecular complexity index is 566. The molecule has 0 aromatic rings. The van der Waals surface area contributed by atoms with Crippen LogP contribution in [0.1, 0.15) is 80.6 Å². The summed E-state index contributed by atoms with van der Waals surface area (Å²) in [4.78, 5) is 11.6. The SMILES string of the molecule is CCO[Si](CCC(CCC(=O)S)OC(=S)CC(CC)C[Si](OCC)(OCC)OCC)(OCC)OCC. The highest BCUT2D eigenvalue weighted by Gasteiger charge is 2.43. The number of thiol groups is 1. The molecule has 36 heavy (non-hydrogen) atoms. The number of hydrogen-bond acceptors (Lipinski definition) is 9. The van der Waals surface area contributed by atoms with Gasteiger partial charge in [0.25, 0.3) is 0 Å². The molecular weight excluding hydrogens is 537 g/mol. The topological polar surface area (TPSA) is 81.7 Å². The third kappa shape index (κ3) is 14.9. The van der Waals surface area contributed by atoms with Gasteiger partial charge in [0.05, 0.1) is 6.10 Å². The molecule has 0 saturated carbocycles. The van der Waals surface area contributed by atoms with Crippen molar-refractivity contribution >= 4 is 52.6 Å². The van der Waals surface area contributed by atoms with E-state index >= 15 is 0 Å². The zero-order valence-electron chi connectivity index (χ0n) is 23.5. The van der Waals surface area contributed by atoms with E-state index in [1.54, 1.807) is 0 Å². The van der Waals surface area contributed by atoms with E-state index in [1.807, 2.05) is 41.5 Å². The third-order valence-corrected chi connectivity index (χ3v) is 12.3. The molecule has 2 atom stereocenters. The summed E-state index contributed by atoms with van der Waals surface area (Å²) in [5.41, 5.74) is 0. The second-order valence-corrected chi connectivity index (χ2v) is 14.6. The Morgan fingerprint density at radius 1 is 0.750 bits per heavy atom. The van der Waals surface area contributed by atoms with Crippen LogP contribution in [-0.4, -0.2) is 73.5 Å². The van der Waals surface area contributed by atoms with Crippen LogP contribution >= 0.6 is 24.8 Å². The van der Waals surface area contributed by atoms with Crippen LogP contribution in [0.2, 0.25) is 12.1 Å². The fourth-order valence-electron chi connectivity index (χ4n) is 4.03. The Labute approximate surface area is 232 Å². The van der Waals surface area contributed by atoms with Crippen LogP contribution < -0.4 is 0 Å². The monoisotopic (exact) mass is 586 g/mol. The zero-order chi connectivity index (χ0) is 27.5. The number of hydrogen-bond donors (Lipinski definition) is 1. The summed E-state index contributed by atoms with van der Waals surface area (Å²) < 4.78 is 42.3. The standard InChI is InChI=1S/C24H50O8S2Si2/c1-8-21(20-36(29-12-5,30-13-6)31-14-7)19-24(34)32-22(15-16-23(25)33)17-18-35(26-9-2,27-10-3)28-11-4/h21-22H,8-20H2,1-7H3,(H,25,33). The molecule has 0 N–H and O–H groups in total. The Kier molecular flexibility index (Phi) is 21.1. The molecule has 0 fully saturated rings. The predicted molar refractivity (Wildman–Crippen MR) is 155 cm³/mol. The number of thiocarbonyl (C=S) groups is 1. The average molecular weight is 587 g/mol. The molecule has 0 aliphatic rings. The Morgan fingerprint density at radius 2 is 1.19 bits per heavy atom. The highest BCUT2D eigenvalue weighted by molar-refractivity contribution is 7.96. The predicted octanol–water partition coefficient (Wildman–Crippen LogP) is 5.84. The van der Waals surface area contributed by atoms with Gasteiger partial charge < -0.3 is 31.3 Å². The third-order valence-electron chi connectivity index (χ3n) is 5.51. The van der Waals surface area contributed by atoms with Crippen molar-refractivity contribution < 1.29 is 36.1 Å². The van der Waals surface area contributed by atoms with Crippen molar-refractivity contribution in [2.45, 2.75) is 98.8 Å². The molecule has 0 radical (unpaired) electrons. The molecule has 0 saturated heterocycles. The van der Waals surface area contributed by atoms with Crippen LogP contribution in [0.4, 0.5) is 0 Å². The van der Waals surface area contributed by atoms with Gasteiger partial charge in [-0.2, -0.15) is 0 Å². The van der Waals surface area contributed by atoms with Crippen molar-refractivity contribution in [3.8, 4) is 0 Å². The summed E-state index contributed by atoms with van der Waals surface area (Å²) in [7, 11) is -5.63. The maximum Gasteiger partial charge on any atom is 0.501 e. The minimum Gasteiger partial charge on any atom is -0.484 e. The molecule has 8 nitrogen and oxygen atoms in total. The van der Waals surface area contributed by atoms with Crippen molar-refractivity contribution in [2.24, 2.45) is 5.92 Å². The molecule has 0 aromatic carbocycles. The number of ether oxygens (including phenoxy) is 1. The lowest BCUT2D eigenvalue weighted by Gasteiger charge is -2.32. The van der Waals surface area contributed by atoms with Crippen LogP contribution in [0.15, 0.2) is 0 Å². The molecule has 2 unspecified atom stereocenters. The van der Waals surface area contributed by atoms with Gasteiger partial charge in [0.1, 0.15) is 0 Å². The van der Waals surface area contributed by atoms with Crippen molar-refractivity contribution in [3.05, 3.63) is 0 Å². The van der Waals surface area contributed by atoms with Gasteiger partial charge in [-0.15, -0.1) is 12.6 Å². The highest BCUT2D eigenvalue weighted by atomic mass is 32.1. The molecule has 0 aliphatic heterocycles. The molecule has 0 bridgehead atoms. The molecule has 214 valence electrons. The van der Waals surface area contributed by atoms with Crippen LogP contribution in [0.3, 0.4) is 0 Å². The van der Waals surface area contributed by atoms with Crippen LogP contribution in [0.5, 0.6) is 0 Å². The molecule has 0 spiro atoms. The van der Waals surface area contributed by atoms with E-state index in [-0.39, 0.29) is 17.1 Å². The molecule has 0 rings (SSSR count). The van der Waals surface area contributed by atoms with Crippen LogP contribution in [-0.2, 0) is 36.1 Å². The van der Waals surface area contributed by atoms with E-state index in [0.717, 1.165) is 6.42 Å². The van der Waals surface area contributed by atoms with Crippen molar-refractivity contribution in [3.63, 3.8) is 0 Å². The van der Waals surface area contributed by atoms with Gasteiger partial charge in [0, 0.05) is 64.6 Å². The van der Waals surface area contributed by atoms with E-state index in [1.165, 1.54) is 0 Å². The fourth-order valence-corrected chi connectivity index (χ4v) is 10.3. The van der Waals surface area contributed by atoms with Crippen LogP contribution in [0.25, 0.3) is 0 Å². The first kappa shape index (κ1) is 36.1. The number of carbonyl (C=O) groups excluding carboxylic acids is 1. The lowest BCUT2D eigenvalue weighted by molar-refractivity contribution is -0.111. The maximum atomic E-state index is 11.6. The smallest absolute Gasteiger partial charge is 0.484 e. The molecule has 0 aromatic heterocycles. The first-order valence-electron chi connectivity index (χ1n) is 13.4.